The van der Waals surface area contributed by atoms with Gasteiger partial charge in [-0.1, -0.05) is 92.7 Å². The second-order valence-corrected chi connectivity index (χ2v) is 8.86. The monoisotopic (exact) mass is 431 g/mol. The summed E-state index contributed by atoms with van der Waals surface area (Å²) in [6.45, 7) is 7.29. The standard InChI is InChI=1S/C30H29N3/c1-22(2)28-19-23(3)29(20-31-28)32-17-18-33(21-32)30-26(24-11-6-4-7-12-24)15-10-16-27(30)25-13-8-5-9-14-25/h4-20,22H,21H2,1-3H3. The molecule has 0 fully saturated rings. The van der Waals surface area contributed by atoms with Crippen LogP contribution in [0.5, 0.6) is 0 Å². The summed E-state index contributed by atoms with van der Waals surface area (Å²) in [5.41, 5.74) is 9.65. The molecule has 4 aromatic rings. The van der Waals surface area contributed by atoms with Gasteiger partial charge in [0.05, 0.1) is 24.2 Å². The van der Waals surface area contributed by atoms with Crippen molar-refractivity contribution < 1.29 is 0 Å². The molecule has 0 radical (unpaired) electrons. The SMILES string of the molecule is Cc1cc(C(C)C)ncc1N1C=CN(c2c(-c3ccccc3)cccc2-c2ccccc2)C1. The van der Waals surface area contributed by atoms with Crippen LogP contribution >= 0.6 is 0 Å². The van der Waals surface area contributed by atoms with Crippen LogP contribution in [0.1, 0.15) is 31.0 Å². The summed E-state index contributed by atoms with van der Waals surface area (Å²) in [6.07, 6.45) is 6.36. The zero-order valence-electron chi connectivity index (χ0n) is 19.4. The molecule has 33 heavy (non-hydrogen) atoms. The highest BCUT2D eigenvalue weighted by Crippen LogP contribution is 2.41. The summed E-state index contributed by atoms with van der Waals surface area (Å²) in [5, 5.41) is 0. The molecule has 3 nitrogen and oxygen atoms in total. The van der Waals surface area contributed by atoms with Crippen LogP contribution in [0.2, 0.25) is 0 Å². The number of para-hydroxylation sites is 1. The highest BCUT2D eigenvalue weighted by atomic mass is 15.3. The molecular formula is C30H29N3. The Morgan fingerprint density at radius 3 is 1.85 bits per heavy atom. The van der Waals surface area contributed by atoms with Crippen LogP contribution in [-0.4, -0.2) is 11.7 Å². The molecule has 1 aliphatic rings. The van der Waals surface area contributed by atoms with Gasteiger partial charge in [-0.15, -0.1) is 0 Å². The Labute approximate surface area is 196 Å². The lowest BCUT2D eigenvalue weighted by Gasteiger charge is -2.27. The topological polar surface area (TPSA) is 19.4 Å². The van der Waals surface area contributed by atoms with Crippen molar-refractivity contribution in [3.05, 3.63) is 115 Å². The second-order valence-electron chi connectivity index (χ2n) is 8.86. The number of rotatable bonds is 5. The minimum absolute atomic E-state index is 0.426. The highest BCUT2D eigenvalue weighted by Gasteiger charge is 2.23. The molecule has 0 N–H and O–H groups in total. The Bertz CT molecular complexity index is 1220. The molecule has 0 unspecified atom stereocenters. The van der Waals surface area contributed by atoms with E-state index in [2.05, 4.69) is 128 Å². The molecule has 3 heteroatoms. The summed E-state index contributed by atoms with van der Waals surface area (Å²) >= 11 is 0. The molecule has 1 aliphatic heterocycles. The lowest BCUT2D eigenvalue weighted by Crippen LogP contribution is -2.26. The number of hydrogen-bond donors (Lipinski definition) is 0. The third kappa shape index (κ3) is 4.14. The van der Waals surface area contributed by atoms with Crippen molar-refractivity contribution in [2.24, 2.45) is 0 Å². The molecular weight excluding hydrogens is 402 g/mol. The third-order valence-electron chi connectivity index (χ3n) is 6.23. The van der Waals surface area contributed by atoms with Gasteiger partial charge in [-0.25, -0.2) is 0 Å². The van der Waals surface area contributed by atoms with Crippen molar-refractivity contribution in [1.82, 2.24) is 4.98 Å². The van der Waals surface area contributed by atoms with E-state index < -0.39 is 0 Å². The second kappa shape index (κ2) is 8.95. The molecule has 1 aromatic heterocycles. The maximum absolute atomic E-state index is 4.72. The summed E-state index contributed by atoms with van der Waals surface area (Å²) in [7, 11) is 0. The van der Waals surface area contributed by atoms with Crippen LogP contribution < -0.4 is 9.80 Å². The number of pyridine rings is 1. The Morgan fingerprint density at radius 1 is 0.727 bits per heavy atom. The van der Waals surface area contributed by atoms with E-state index in [9.17, 15) is 0 Å². The van der Waals surface area contributed by atoms with E-state index in [1.807, 2.05) is 6.20 Å². The van der Waals surface area contributed by atoms with Crippen molar-refractivity contribution in [3.8, 4) is 22.3 Å². The molecule has 0 atom stereocenters. The Hall–Kier alpha value is -3.85. The lowest BCUT2D eigenvalue weighted by atomic mass is 9.95. The van der Waals surface area contributed by atoms with Crippen LogP contribution in [0.3, 0.4) is 0 Å². The normalized spacial score (nSPS) is 13.2. The van der Waals surface area contributed by atoms with Crippen LogP contribution in [0.25, 0.3) is 22.3 Å². The molecule has 0 saturated carbocycles. The van der Waals surface area contributed by atoms with Gasteiger partial charge >= 0.3 is 0 Å². The molecule has 0 aliphatic carbocycles. The molecule has 0 amide bonds. The van der Waals surface area contributed by atoms with Crippen LogP contribution in [-0.2, 0) is 0 Å². The molecule has 0 spiro atoms. The van der Waals surface area contributed by atoms with Gasteiger partial charge in [-0.3, -0.25) is 4.98 Å². The predicted molar refractivity (Wildman–Crippen MR) is 139 cm³/mol. The van der Waals surface area contributed by atoms with Gasteiger partial charge in [-0.2, -0.15) is 0 Å². The number of nitrogens with zero attached hydrogens (tertiary/aromatic N) is 3. The van der Waals surface area contributed by atoms with Gasteiger partial charge in [0.2, 0.25) is 0 Å². The number of anilines is 2. The molecule has 164 valence electrons. The smallest absolute Gasteiger partial charge is 0.0990 e. The van der Waals surface area contributed by atoms with Gasteiger partial charge in [0.15, 0.2) is 0 Å². The quantitative estimate of drug-likeness (QED) is 0.324. The Kier molecular flexibility index (Phi) is 5.70. The fourth-order valence-corrected chi connectivity index (χ4v) is 4.46. The minimum Gasteiger partial charge on any atom is -0.327 e. The maximum Gasteiger partial charge on any atom is 0.0990 e. The largest absolute Gasteiger partial charge is 0.327 e. The van der Waals surface area contributed by atoms with E-state index in [4.69, 9.17) is 4.98 Å². The number of aromatic nitrogens is 1. The van der Waals surface area contributed by atoms with Crippen molar-refractivity contribution in [2.75, 3.05) is 16.5 Å². The van der Waals surface area contributed by atoms with Gasteiger partial charge in [0.1, 0.15) is 0 Å². The summed E-state index contributed by atoms with van der Waals surface area (Å²) in [6, 6.07) is 30.1. The van der Waals surface area contributed by atoms with E-state index in [1.165, 1.54) is 33.5 Å². The number of hydrogen-bond acceptors (Lipinski definition) is 3. The van der Waals surface area contributed by atoms with E-state index in [1.54, 1.807) is 0 Å². The average Bonchev–Trinajstić information content (AvgIpc) is 3.34. The fourth-order valence-electron chi connectivity index (χ4n) is 4.46. The fraction of sp³-hybridized carbons (Fsp3) is 0.167. The van der Waals surface area contributed by atoms with Crippen LogP contribution in [0, 0.1) is 6.92 Å². The molecule has 2 heterocycles. The van der Waals surface area contributed by atoms with Crippen molar-refractivity contribution in [1.29, 1.82) is 0 Å². The van der Waals surface area contributed by atoms with Crippen molar-refractivity contribution >= 4 is 11.4 Å². The Morgan fingerprint density at radius 2 is 1.30 bits per heavy atom. The first kappa shape index (κ1) is 21.0. The van der Waals surface area contributed by atoms with Crippen LogP contribution in [0.15, 0.2) is 104 Å². The van der Waals surface area contributed by atoms with E-state index in [-0.39, 0.29) is 0 Å². The van der Waals surface area contributed by atoms with Crippen molar-refractivity contribution in [3.63, 3.8) is 0 Å². The van der Waals surface area contributed by atoms with E-state index in [0.717, 1.165) is 18.1 Å². The first-order valence-electron chi connectivity index (χ1n) is 11.5. The first-order chi connectivity index (χ1) is 16.1. The maximum atomic E-state index is 4.72. The lowest BCUT2D eigenvalue weighted by molar-refractivity contribution is 0.818. The summed E-state index contributed by atoms with van der Waals surface area (Å²) in [4.78, 5) is 9.35. The van der Waals surface area contributed by atoms with Gasteiger partial charge in [0, 0.05) is 29.2 Å². The van der Waals surface area contributed by atoms with Gasteiger partial charge in [-0.05, 0) is 35.6 Å². The van der Waals surface area contributed by atoms with Gasteiger partial charge < -0.3 is 9.80 Å². The van der Waals surface area contributed by atoms with E-state index in [0.29, 0.717) is 5.92 Å². The molecule has 0 bridgehead atoms. The van der Waals surface area contributed by atoms with Crippen LogP contribution in [0.4, 0.5) is 11.4 Å². The minimum atomic E-state index is 0.426. The highest BCUT2D eigenvalue weighted by molar-refractivity contribution is 5.92. The van der Waals surface area contributed by atoms with Gasteiger partial charge in [0.25, 0.3) is 0 Å². The predicted octanol–water partition coefficient (Wildman–Crippen LogP) is 7.60. The van der Waals surface area contributed by atoms with E-state index >= 15 is 0 Å². The summed E-state index contributed by atoms with van der Waals surface area (Å²) < 4.78 is 0. The zero-order valence-corrected chi connectivity index (χ0v) is 19.4. The molecule has 0 saturated heterocycles. The number of aryl methyl sites for hydroxylation is 1. The Balaban J connectivity index is 1.56. The zero-order chi connectivity index (χ0) is 22.8. The van der Waals surface area contributed by atoms with Crippen molar-refractivity contribution in [2.45, 2.75) is 26.7 Å². The third-order valence-corrected chi connectivity index (χ3v) is 6.23. The number of benzene rings is 3. The average molecular weight is 432 g/mol. The molecule has 5 rings (SSSR count). The summed E-state index contributed by atoms with van der Waals surface area (Å²) in [5.74, 6) is 0.426. The first-order valence-corrected chi connectivity index (χ1v) is 11.5. The molecule has 3 aromatic carbocycles.